The number of methoxy groups -OCH3 is 1. The number of aliphatic hydroxyl groups excluding tert-OH is 1. The summed E-state index contributed by atoms with van der Waals surface area (Å²) in [6.07, 6.45) is 2.04. The Morgan fingerprint density at radius 3 is 2.74 bits per heavy atom. The monoisotopic (exact) mass is 287 g/mol. The Labute approximate surface area is 120 Å². The fourth-order valence-electron chi connectivity index (χ4n) is 1.81. The van der Waals surface area contributed by atoms with Crippen molar-refractivity contribution in [3.8, 4) is 0 Å². The molecule has 0 saturated heterocycles. The van der Waals surface area contributed by atoms with Gasteiger partial charge in [0.2, 0.25) is 0 Å². The van der Waals surface area contributed by atoms with Crippen LogP contribution < -0.4 is 5.73 Å². The molecule has 0 radical (unpaired) electrons. The second-order valence-corrected chi connectivity index (χ2v) is 4.35. The van der Waals surface area contributed by atoms with Crippen molar-refractivity contribution in [3.63, 3.8) is 0 Å². The molecule has 0 aromatic heterocycles. The van der Waals surface area contributed by atoms with Crippen LogP contribution in [0.1, 0.15) is 48.1 Å². The molecule has 4 nitrogen and oxygen atoms in total. The standard InChI is InChI=1S/C14H21NO3.ClH/c1-3-4-8-12(16)13(15)10-6-5-7-11(9-10)14(17)18-2;/h5-7,9,12-13,16H,3-4,8,15H2,1-2H3;1H/t12-,13+;/m0./s1. The van der Waals surface area contributed by atoms with Gasteiger partial charge in [0.15, 0.2) is 0 Å². The second-order valence-electron chi connectivity index (χ2n) is 4.35. The van der Waals surface area contributed by atoms with Crippen molar-refractivity contribution in [1.29, 1.82) is 0 Å². The Hall–Kier alpha value is -1.10. The first-order chi connectivity index (χ1) is 8.60. The molecular weight excluding hydrogens is 266 g/mol. The topological polar surface area (TPSA) is 72.5 Å². The van der Waals surface area contributed by atoms with Crippen LogP contribution in [-0.2, 0) is 4.74 Å². The average Bonchev–Trinajstić information content (AvgIpc) is 2.43. The molecule has 0 aliphatic rings. The second kappa shape index (κ2) is 8.91. The summed E-state index contributed by atoms with van der Waals surface area (Å²) in [5.74, 6) is -0.396. The number of carbonyl (C=O) groups is 1. The summed E-state index contributed by atoms with van der Waals surface area (Å²) >= 11 is 0. The number of hydrogen-bond acceptors (Lipinski definition) is 4. The van der Waals surface area contributed by atoms with Gasteiger partial charge in [-0.25, -0.2) is 4.79 Å². The molecule has 3 N–H and O–H groups in total. The highest BCUT2D eigenvalue weighted by Gasteiger charge is 2.17. The average molecular weight is 288 g/mol. The molecule has 0 aliphatic carbocycles. The Morgan fingerprint density at radius 1 is 1.47 bits per heavy atom. The molecule has 1 aromatic rings. The van der Waals surface area contributed by atoms with Crippen LogP contribution in [0, 0.1) is 0 Å². The number of nitrogens with two attached hydrogens (primary N) is 1. The maximum absolute atomic E-state index is 11.4. The Bertz CT molecular complexity index is 398. The van der Waals surface area contributed by atoms with Crippen molar-refractivity contribution in [2.45, 2.75) is 38.3 Å². The zero-order valence-electron chi connectivity index (χ0n) is 11.3. The predicted molar refractivity (Wildman–Crippen MR) is 77.5 cm³/mol. The zero-order valence-corrected chi connectivity index (χ0v) is 12.2. The summed E-state index contributed by atoms with van der Waals surface area (Å²) in [7, 11) is 1.34. The summed E-state index contributed by atoms with van der Waals surface area (Å²) in [4.78, 5) is 11.4. The molecule has 0 bridgehead atoms. The largest absolute Gasteiger partial charge is 0.465 e. The van der Waals surface area contributed by atoms with Gasteiger partial charge in [-0.2, -0.15) is 0 Å². The minimum absolute atomic E-state index is 0. The van der Waals surface area contributed by atoms with E-state index in [2.05, 4.69) is 11.7 Å². The van der Waals surface area contributed by atoms with E-state index in [-0.39, 0.29) is 12.4 Å². The SMILES string of the molecule is CCCC[C@H](O)[C@H](N)c1cccc(C(=O)OC)c1.Cl. The van der Waals surface area contributed by atoms with Crippen LogP contribution in [0.5, 0.6) is 0 Å². The van der Waals surface area contributed by atoms with Crippen molar-refractivity contribution >= 4 is 18.4 Å². The molecule has 19 heavy (non-hydrogen) atoms. The fourth-order valence-corrected chi connectivity index (χ4v) is 1.81. The lowest BCUT2D eigenvalue weighted by molar-refractivity contribution is 0.0600. The zero-order chi connectivity index (χ0) is 13.5. The van der Waals surface area contributed by atoms with Crippen LogP contribution in [-0.4, -0.2) is 24.3 Å². The molecule has 5 heteroatoms. The molecule has 0 heterocycles. The van der Waals surface area contributed by atoms with Crippen LogP contribution in [0.4, 0.5) is 0 Å². The number of ether oxygens (including phenoxy) is 1. The number of halogens is 1. The van der Waals surface area contributed by atoms with Crippen LogP contribution in [0.25, 0.3) is 0 Å². The van der Waals surface area contributed by atoms with Gasteiger partial charge < -0.3 is 15.6 Å². The molecule has 0 aliphatic heterocycles. The molecule has 0 unspecified atom stereocenters. The number of hydrogen-bond donors (Lipinski definition) is 2. The lowest BCUT2D eigenvalue weighted by Crippen LogP contribution is -2.26. The third-order valence-corrected chi connectivity index (χ3v) is 2.96. The lowest BCUT2D eigenvalue weighted by atomic mass is 9.97. The van der Waals surface area contributed by atoms with Gasteiger partial charge >= 0.3 is 5.97 Å². The van der Waals surface area contributed by atoms with E-state index >= 15 is 0 Å². The first kappa shape index (κ1) is 17.9. The third-order valence-electron chi connectivity index (χ3n) is 2.96. The fraction of sp³-hybridized carbons (Fsp3) is 0.500. The van der Waals surface area contributed by atoms with Crippen molar-refractivity contribution in [3.05, 3.63) is 35.4 Å². The van der Waals surface area contributed by atoms with Gasteiger partial charge in [0.05, 0.1) is 24.8 Å². The van der Waals surface area contributed by atoms with E-state index in [1.165, 1.54) is 7.11 Å². The predicted octanol–water partition coefficient (Wildman–Crippen LogP) is 2.45. The highest BCUT2D eigenvalue weighted by molar-refractivity contribution is 5.89. The van der Waals surface area contributed by atoms with E-state index in [1.54, 1.807) is 18.2 Å². The van der Waals surface area contributed by atoms with Gasteiger partial charge in [-0.15, -0.1) is 12.4 Å². The number of benzene rings is 1. The van der Waals surface area contributed by atoms with E-state index in [9.17, 15) is 9.90 Å². The van der Waals surface area contributed by atoms with Gasteiger partial charge in [0.25, 0.3) is 0 Å². The summed E-state index contributed by atoms with van der Waals surface area (Å²) in [6, 6.07) is 6.42. The molecule has 1 aromatic carbocycles. The molecule has 0 saturated carbocycles. The van der Waals surface area contributed by atoms with E-state index in [0.717, 1.165) is 18.4 Å². The van der Waals surface area contributed by atoms with Gasteiger partial charge in [0, 0.05) is 0 Å². The molecule has 108 valence electrons. The van der Waals surface area contributed by atoms with Gasteiger partial charge in [-0.1, -0.05) is 31.9 Å². The highest BCUT2D eigenvalue weighted by Crippen LogP contribution is 2.19. The maximum atomic E-state index is 11.4. The van der Waals surface area contributed by atoms with Crippen LogP contribution in [0.15, 0.2) is 24.3 Å². The molecule has 0 fully saturated rings. The minimum atomic E-state index is -0.585. The quantitative estimate of drug-likeness (QED) is 0.788. The first-order valence-electron chi connectivity index (χ1n) is 6.22. The van der Waals surface area contributed by atoms with Crippen LogP contribution >= 0.6 is 12.4 Å². The molecule has 2 atom stereocenters. The first-order valence-corrected chi connectivity index (χ1v) is 6.22. The molecule has 0 amide bonds. The number of unbranched alkanes of at least 4 members (excludes halogenated alkanes) is 1. The summed E-state index contributed by atoms with van der Waals surface area (Å²) in [5.41, 5.74) is 7.19. The molecule has 1 rings (SSSR count). The highest BCUT2D eigenvalue weighted by atomic mass is 35.5. The Kier molecular flexibility index (Phi) is 8.39. The molecule has 0 spiro atoms. The number of esters is 1. The normalized spacial score (nSPS) is 13.3. The van der Waals surface area contributed by atoms with Gasteiger partial charge in [0.1, 0.15) is 0 Å². The van der Waals surface area contributed by atoms with E-state index in [0.29, 0.717) is 12.0 Å². The Morgan fingerprint density at radius 2 is 2.16 bits per heavy atom. The Balaban J connectivity index is 0.00000324. The summed E-state index contributed by atoms with van der Waals surface area (Å²) in [5, 5.41) is 9.95. The van der Waals surface area contributed by atoms with Crippen molar-refractivity contribution in [2.24, 2.45) is 5.73 Å². The minimum Gasteiger partial charge on any atom is -0.465 e. The summed E-state index contributed by atoms with van der Waals surface area (Å²) in [6.45, 7) is 2.07. The lowest BCUT2D eigenvalue weighted by Gasteiger charge is -2.19. The van der Waals surface area contributed by atoms with Crippen LogP contribution in [0.3, 0.4) is 0 Å². The number of carbonyl (C=O) groups excluding carboxylic acids is 1. The number of rotatable bonds is 6. The van der Waals surface area contributed by atoms with Crippen molar-refractivity contribution < 1.29 is 14.6 Å². The van der Waals surface area contributed by atoms with Gasteiger partial charge in [-0.05, 0) is 24.1 Å². The van der Waals surface area contributed by atoms with Gasteiger partial charge in [-0.3, -0.25) is 0 Å². The van der Waals surface area contributed by atoms with E-state index in [1.807, 2.05) is 6.07 Å². The maximum Gasteiger partial charge on any atom is 0.337 e. The summed E-state index contributed by atoms with van der Waals surface area (Å²) < 4.78 is 4.65. The third kappa shape index (κ3) is 5.19. The van der Waals surface area contributed by atoms with Crippen LogP contribution in [0.2, 0.25) is 0 Å². The smallest absolute Gasteiger partial charge is 0.337 e. The number of aliphatic hydroxyl groups is 1. The van der Waals surface area contributed by atoms with E-state index < -0.39 is 18.1 Å². The molecular formula is C14H22ClNO3. The van der Waals surface area contributed by atoms with Crippen molar-refractivity contribution in [2.75, 3.05) is 7.11 Å². The van der Waals surface area contributed by atoms with E-state index in [4.69, 9.17) is 5.73 Å². The van der Waals surface area contributed by atoms with Crippen molar-refractivity contribution in [1.82, 2.24) is 0 Å².